The predicted octanol–water partition coefficient (Wildman–Crippen LogP) is 5.37. The van der Waals surface area contributed by atoms with Gasteiger partial charge in [0.05, 0.1) is 23.9 Å². The molecule has 1 N–H and O–H groups in total. The number of anilines is 1. The summed E-state index contributed by atoms with van der Waals surface area (Å²) in [7, 11) is 0. The van der Waals surface area contributed by atoms with Crippen LogP contribution in [0.5, 0.6) is 0 Å². The van der Waals surface area contributed by atoms with Crippen LogP contribution in [0.25, 0.3) is 0 Å². The second kappa shape index (κ2) is 7.87. The highest BCUT2D eigenvalue weighted by Crippen LogP contribution is 2.46. The zero-order chi connectivity index (χ0) is 20.6. The molecule has 0 saturated heterocycles. The lowest BCUT2D eigenvalue weighted by atomic mass is 9.86. The van der Waals surface area contributed by atoms with Crippen LogP contribution in [0.2, 0.25) is 0 Å². The third-order valence-corrected chi connectivity index (χ3v) is 6.41. The Bertz CT molecular complexity index is 942. The predicted molar refractivity (Wildman–Crippen MR) is 112 cm³/mol. The van der Waals surface area contributed by atoms with E-state index in [0.29, 0.717) is 15.7 Å². The molecule has 1 aliphatic rings. The molecule has 0 aromatic heterocycles. The van der Waals surface area contributed by atoms with Crippen LogP contribution in [0.3, 0.4) is 0 Å². The highest BCUT2D eigenvalue weighted by molar-refractivity contribution is 9.10. The van der Waals surface area contributed by atoms with Gasteiger partial charge in [0, 0.05) is 14.9 Å². The van der Waals surface area contributed by atoms with Crippen LogP contribution in [-0.2, 0) is 21.5 Å². The van der Waals surface area contributed by atoms with Crippen molar-refractivity contribution in [1.82, 2.24) is 0 Å². The van der Waals surface area contributed by atoms with Crippen LogP contribution < -0.4 is 4.90 Å². The first-order chi connectivity index (χ1) is 13.1. The quantitative estimate of drug-likeness (QED) is 0.659. The largest absolute Gasteiger partial charge is 0.481 e. The number of hydrogen-bond donors (Lipinski definition) is 1. The molecule has 1 atom stereocenters. The van der Waals surface area contributed by atoms with Crippen molar-refractivity contribution in [1.29, 1.82) is 0 Å². The third-order valence-electron chi connectivity index (χ3n) is 4.60. The fraction of sp³-hybridized carbons (Fsp3) is 0.333. The van der Waals surface area contributed by atoms with E-state index in [1.807, 2.05) is 18.2 Å². The standard InChI is InChI=1S/C21H21BrFNO3S/c1-21(2,3)14-5-4-6-16-19(14)28-17(10-18(25)26)20(27)24(16)11-12-7-8-13(22)9-15(12)23/h4-9,17H,10-11H2,1-3H3,(H,25,26). The van der Waals surface area contributed by atoms with Crippen molar-refractivity contribution in [2.75, 3.05) is 4.90 Å². The average Bonchev–Trinajstić information content (AvgIpc) is 2.58. The molecule has 1 aliphatic heterocycles. The maximum absolute atomic E-state index is 14.4. The Morgan fingerprint density at radius 2 is 2.00 bits per heavy atom. The maximum Gasteiger partial charge on any atom is 0.305 e. The van der Waals surface area contributed by atoms with Gasteiger partial charge in [-0.25, -0.2) is 4.39 Å². The number of benzene rings is 2. The summed E-state index contributed by atoms with van der Waals surface area (Å²) in [6.45, 7) is 6.27. The monoisotopic (exact) mass is 465 g/mol. The normalized spacial score (nSPS) is 16.8. The molecule has 4 nitrogen and oxygen atoms in total. The summed E-state index contributed by atoms with van der Waals surface area (Å²) < 4.78 is 15.0. The van der Waals surface area contributed by atoms with Crippen LogP contribution in [-0.4, -0.2) is 22.2 Å². The first kappa shape index (κ1) is 20.9. The molecular weight excluding hydrogens is 445 g/mol. The summed E-state index contributed by atoms with van der Waals surface area (Å²) >= 11 is 4.53. The SMILES string of the molecule is CC(C)(C)c1cccc2c1SC(CC(=O)O)C(=O)N2Cc1ccc(Br)cc1F. The van der Waals surface area contributed by atoms with Crippen LogP contribution in [0.15, 0.2) is 45.8 Å². The van der Waals surface area contributed by atoms with Crippen molar-refractivity contribution >= 4 is 45.3 Å². The zero-order valence-corrected chi connectivity index (χ0v) is 18.2. The molecule has 2 aromatic carbocycles. The molecule has 148 valence electrons. The Hall–Kier alpha value is -1.86. The third kappa shape index (κ3) is 4.25. The van der Waals surface area contributed by atoms with Crippen molar-refractivity contribution in [2.24, 2.45) is 0 Å². The van der Waals surface area contributed by atoms with Gasteiger partial charge >= 0.3 is 5.97 Å². The number of fused-ring (bicyclic) bond motifs is 1. The molecule has 3 rings (SSSR count). The van der Waals surface area contributed by atoms with E-state index in [0.717, 1.165) is 10.5 Å². The van der Waals surface area contributed by atoms with Gasteiger partial charge in [0.15, 0.2) is 0 Å². The number of rotatable bonds is 4. The Balaban J connectivity index is 2.10. The Morgan fingerprint density at radius 1 is 1.29 bits per heavy atom. The fourth-order valence-electron chi connectivity index (χ4n) is 3.21. The minimum atomic E-state index is -1.03. The second-order valence-electron chi connectivity index (χ2n) is 7.77. The van der Waals surface area contributed by atoms with Gasteiger partial charge in [0.25, 0.3) is 0 Å². The second-order valence-corrected chi connectivity index (χ2v) is 9.90. The Kier molecular flexibility index (Phi) is 5.87. The number of carbonyl (C=O) groups excluding carboxylic acids is 1. The smallest absolute Gasteiger partial charge is 0.305 e. The molecule has 0 aliphatic carbocycles. The summed E-state index contributed by atoms with van der Waals surface area (Å²) in [4.78, 5) is 26.8. The number of carboxylic acid groups (broad SMARTS) is 1. The molecule has 0 bridgehead atoms. The summed E-state index contributed by atoms with van der Waals surface area (Å²) in [5, 5.41) is 8.52. The fourth-order valence-corrected chi connectivity index (χ4v) is 5.08. The van der Waals surface area contributed by atoms with Crippen LogP contribution in [0.1, 0.15) is 38.3 Å². The van der Waals surface area contributed by atoms with E-state index < -0.39 is 17.0 Å². The van der Waals surface area contributed by atoms with Gasteiger partial charge in [-0.1, -0.05) is 54.9 Å². The molecule has 2 aromatic rings. The van der Waals surface area contributed by atoms with Crippen LogP contribution in [0.4, 0.5) is 10.1 Å². The van der Waals surface area contributed by atoms with Gasteiger partial charge in [-0.2, -0.15) is 0 Å². The maximum atomic E-state index is 14.4. The number of carboxylic acids is 1. The topological polar surface area (TPSA) is 57.6 Å². The average molecular weight is 466 g/mol. The number of nitrogens with zero attached hydrogens (tertiary/aromatic N) is 1. The van der Waals surface area contributed by atoms with E-state index >= 15 is 0 Å². The van der Waals surface area contributed by atoms with E-state index in [-0.39, 0.29) is 24.3 Å². The molecule has 1 heterocycles. The highest BCUT2D eigenvalue weighted by Gasteiger charge is 2.37. The Labute approximate surface area is 176 Å². The molecular formula is C21H21BrFNO3S. The number of amides is 1. The number of halogens is 2. The van der Waals surface area contributed by atoms with Crippen molar-refractivity contribution < 1.29 is 19.1 Å². The van der Waals surface area contributed by atoms with E-state index in [2.05, 4.69) is 36.7 Å². The highest BCUT2D eigenvalue weighted by atomic mass is 79.9. The first-order valence-corrected chi connectivity index (χ1v) is 10.5. The summed E-state index contributed by atoms with van der Waals surface area (Å²) in [5.41, 5.74) is 1.94. The first-order valence-electron chi connectivity index (χ1n) is 8.85. The molecule has 28 heavy (non-hydrogen) atoms. The van der Waals surface area contributed by atoms with Gasteiger partial charge in [-0.15, -0.1) is 11.8 Å². The van der Waals surface area contributed by atoms with Gasteiger partial charge < -0.3 is 10.0 Å². The molecule has 0 saturated carbocycles. The zero-order valence-electron chi connectivity index (χ0n) is 15.8. The van der Waals surface area contributed by atoms with Crippen LogP contribution >= 0.6 is 27.7 Å². The summed E-state index contributed by atoms with van der Waals surface area (Å²) in [6.07, 6.45) is -0.277. The lowest BCUT2D eigenvalue weighted by Crippen LogP contribution is -2.42. The minimum absolute atomic E-state index is 0.0508. The van der Waals surface area contributed by atoms with Crippen molar-refractivity contribution in [3.05, 3.63) is 57.8 Å². The molecule has 0 fully saturated rings. The van der Waals surface area contributed by atoms with Crippen molar-refractivity contribution in [3.63, 3.8) is 0 Å². The molecule has 0 radical (unpaired) electrons. The van der Waals surface area contributed by atoms with Gasteiger partial charge in [-0.05, 0) is 29.2 Å². The molecule has 0 spiro atoms. The van der Waals surface area contributed by atoms with Crippen molar-refractivity contribution in [3.8, 4) is 0 Å². The number of hydrogen-bond acceptors (Lipinski definition) is 3. The van der Waals surface area contributed by atoms with E-state index in [1.165, 1.54) is 22.7 Å². The lowest BCUT2D eigenvalue weighted by Gasteiger charge is -2.36. The lowest BCUT2D eigenvalue weighted by molar-refractivity contribution is -0.138. The van der Waals surface area contributed by atoms with Gasteiger partial charge in [0.1, 0.15) is 5.82 Å². The minimum Gasteiger partial charge on any atom is -0.481 e. The van der Waals surface area contributed by atoms with Crippen LogP contribution in [0, 0.1) is 5.82 Å². The molecule has 7 heteroatoms. The van der Waals surface area contributed by atoms with Gasteiger partial charge in [0.2, 0.25) is 5.91 Å². The Morgan fingerprint density at radius 3 is 2.61 bits per heavy atom. The summed E-state index contributed by atoms with van der Waals surface area (Å²) in [6, 6.07) is 10.4. The summed E-state index contributed by atoms with van der Waals surface area (Å²) in [5.74, 6) is -1.76. The number of thioether (sulfide) groups is 1. The molecule has 1 amide bonds. The van der Waals surface area contributed by atoms with E-state index in [9.17, 15) is 19.1 Å². The van der Waals surface area contributed by atoms with Gasteiger partial charge in [-0.3, -0.25) is 9.59 Å². The van der Waals surface area contributed by atoms with Crippen molar-refractivity contribution in [2.45, 2.75) is 49.3 Å². The van der Waals surface area contributed by atoms with E-state index in [4.69, 9.17) is 0 Å². The van der Waals surface area contributed by atoms with E-state index in [1.54, 1.807) is 12.1 Å². The number of aliphatic carboxylic acids is 1. The molecule has 1 unspecified atom stereocenters. The number of carbonyl (C=O) groups is 2.